The van der Waals surface area contributed by atoms with Crippen molar-refractivity contribution in [3.8, 4) is 0 Å². The Balaban J connectivity index is 1.52. The highest BCUT2D eigenvalue weighted by molar-refractivity contribution is 5.90. The third-order valence-corrected chi connectivity index (χ3v) is 5.43. The minimum atomic E-state index is -0.625. The Labute approximate surface area is 168 Å². The van der Waals surface area contributed by atoms with E-state index in [0.29, 0.717) is 12.0 Å². The lowest BCUT2D eigenvalue weighted by Gasteiger charge is -2.24. The van der Waals surface area contributed by atoms with Gasteiger partial charge in [0.2, 0.25) is 11.8 Å². The zero-order valence-electron chi connectivity index (χ0n) is 16.2. The lowest BCUT2D eigenvalue weighted by molar-refractivity contribution is -0.135. The predicted molar refractivity (Wildman–Crippen MR) is 110 cm³/mol. The molecule has 6 heteroatoms. The van der Waals surface area contributed by atoms with Gasteiger partial charge in [-0.1, -0.05) is 30.3 Å². The van der Waals surface area contributed by atoms with Crippen molar-refractivity contribution >= 4 is 22.7 Å². The minimum Gasteiger partial charge on any atom is -0.361 e. The van der Waals surface area contributed by atoms with E-state index in [1.54, 1.807) is 12.1 Å². The van der Waals surface area contributed by atoms with Gasteiger partial charge in [0.05, 0.1) is 6.42 Å². The molecular weight excluding hydrogens is 369 g/mol. The van der Waals surface area contributed by atoms with E-state index in [2.05, 4.69) is 10.3 Å². The number of nitrogens with zero attached hydrogens (tertiary/aromatic N) is 1. The number of fused-ring (bicyclic) bond motifs is 1. The normalized spacial score (nSPS) is 14.9. The van der Waals surface area contributed by atoms with E-state index in [9.17, 15) is 14.0 Å². The average Bonchev–Trinajstić information content (AvgIpc) is 3.39. The Morgan fingerprint density at radius 1 is 1.07 bits per heavy atom. The van der Waals surface area contributed by atoms with Crippen LogP contribution in [0, 0.1) is 5.82 Å². The first-order chi connectivity index (χ1) is 14.1. The highest BCUT2D eigenvalue weighted by Gasteiger charge is 2.28. The third-order valence-electron chi connectivity index (χ3n) is 5.43. The molecule has 2 aromatic carbocycles. The van der Waals surface area contributed by atoms with E-state index in [1.165, 1.54) is 12.1 Å². The van der Waals surface area contributed by atoms with Crippen LogP contribution >= 0.6 is 0 Å². The predicted octanol–water partition coefficient (Wildman–Crippen LogP) is 3.20. The highest BCUT2D eigenvalue weighted by Crippen LogP contribution is 2.20. The fourth-order valence-electron chi connectivity index (χ4n) is 3.91. The van der Waals surface area contributed by atoms with Crippen LogP contribution in [0.5, 0.6) is 0 Å². The van der Waals surface area contributed by atoms with Crippen LogP contribution in [-0.2, 0) is 22.4 Å². The van der Waals surface area contributed by atoms with Crippen LogP contribution in [0.25, 0.3) is 10.9 Å². The van der Waals surface area contributed by atoms with Crippen molar-refractivity contribution in [2.24, 2.45) is 0 Å². The Morgan fingerprint density at radius 3 is 2.55 bits per heavy atom. The molecule has 1 atom stereocenters. The number of likely N-dealkylation sites (tertiary alicyclic amines) is 1. The molecule has 0 unspecified atom stereocenters. The number of rotatable bonds is 6. The second-order valence-corrected chi connectivity index (χ2v) is 7.52. The zero-order chi connectivity index (χ0) is 20.2. The van der Waals surface area contributed by atoms with Crippen LogP contribution in [0.15, 0.2) is 54.7 Å². The van der Waals surface area contributed by atoms with Gasteiger partial charge in [0.25, 0.3) is 0 Å². The summed E-state index contributed by atoms with van der Waals surface area (Å²) in [6.07, 6.45) is 4.43. The molecule has 5 nitrogen and oxygen atoms in total. The second-order valence-electron chi connectivity index (χ2n) is 7.52. The van der Waals surface area contributed by atoms with Gasteiger partial charge < -0.3 is 15.2 Å². The topological polar surface area (TPSA) is 65.2 Å². The molecule has 1 aliphatic rings. The molecule has 1 aromatic heterocycles. The van der Waals surface area contributed by atoms with Crippen molar-refractivity contribution in [1.82, 2.24) is 15.2 Å². The molecule has 4 rings (SSSR count). The Hall–Kier alpha value is -3.15. The fraction of sp³-hybridized carbons (Fsp3) is 0.304. The number of carbonyl (C=O) groups is 2. The molecular formula is C23H24FN3O2. The maximum Gasteiger partial charge on any atom is 0.245 e. The number of amides is 2. The van der Waals surface area contributed by atoms with Crippen molar-refractivity contribution < 1.29 is 14.0 Å². The number of halogens is 1. The number of aromatic amines is 1. The molecule has 1 saturated heterocycles. The number of aromatic nitrogens is 1. The van der Waals surface area contributed by atoms with Gasteiger partial charge in [-0.15, -0.1) is 0 Å². The van der Waals surface area contributed by atoms with Gasteiger partial charge in [-0.2, -0.15) is 0 Å². The summed E-state index contributed by atoms with van der Waals surface area (Å²) in [5.74, 6) is -0.621. The minimum absolute atomic E-state index is 0.0414. The summed E-state index contributed by atoms with van der Waals surface area (Å²) in [5.41, 5.74) is 2.72. The molecule has 0 bridgehead atoms. The molecule has 0 radical (unpaired) electrons. The van der Waals surface area contributed by atoms with Gasteiger partial charge in [-0.3, -0.25) is 9.59 Å². The molecule has 29 heavy (non-hydrogen) atoms. The molecule has 2 heterocycles. The average molecular weight is 393 g/mol. The quantitative estimate of drug-likeness (QED) is 0.676. The zero-order valence-corrected chi connectivity index (χ0v) is 16.2. The van der Waals surface area contributed by atoms with Crippen LogP contribution in [0.4, 0.5) is 4.39 Å². The molecule has 150 valence electrons. The van der Waals surface area contributed by atoms with E-state index in [1.807, 2.05) is 35.4 Å². The molecule has 3 aromatic rings. The number of para-hydroxylation sites is 1. The second kappa shape index (κ2) is 8.47. The Bertz CT molecular complexity index is 1010. The highest BCUT2D eigenvalue weighted by atomic mass is 19.1. The smallest absolute Gasteiger partial charge is 0.245 e. The summed E-state index contributed by atoms with van der Waals surface area (Å²) in [6.45, 7) is 1.47. The molecule has 1 aliphatic heterocycles. The molecule has 1 fully saturated rings. The lowest BCUT2D eigenvalue weighted by Crippen LogP contribution is -2.49. The molecule has 0 aliphatic carbocycles. The van der Waals surface area contributed by atoms with E-state index < -0.39 is 6.04 Å². The van der Waals surface area contributed by atoms with Gasteiger partial charge in [-0.25, -0.2) is 4.39 Å². The van der Waals surface area contributed by atoms with Gasteiger partial charge in [0.15, 0.2) is 0 Å². The number of hydrogen-bond donors (Lipinski definition) is 2. The standard InChI is InChI=1S/C23H24FN3O2/c24-18-9-7-16(8-10-18)13-22(28)26-21(23(29)27-11-3-4-12-27)14-17-15-25-20-6-2-1-5-19(17)20/h1-2,5-10,15,21,25H,3-4,11-14H2,(H,26,28)/t21-/m0/s1. The van der Waals surface area contributed by atoms with E-state index >= 15 is 0 Å². The van der Waals surface area contributed by atoms with Crippen LogP contribution in [0.1, 0.15) is 24.0 Å². The van der Waals surface area contributed by atoms with Gasteiger partial charge in [-0.05, 0) is 42.2 Å². The number of carbonyl (C=O) groups excluding carboxylic acids is 2. The van der Waals surface area contributed by atoms with E-state index in [0.717, 1.165) is 42.4 Å². The maximum absolute atomic E-state index is 13.1. The summed E-state index contributed by atoms with van der Waals surface area (Å²) in [5, 5.41) is 3.98. The first-order valence-electron chi connectivity index (χ1n) is 9.98. The Morgan fingerprint density at radius 2 is 1.79 bits per heavy atom. The van der Waals surface area contributed by atoms with Gasteiger partial charge in [0.1, 0.15) is 11.9 Å². The summed E-state index contributed by atoms with van der Waals surface area (Å²) in [6, 6.07) is 13.1. The first-order valence-corrected chi connectivity index (χ1v) is 9.98. The Kier molecular flexibility index (Phi) is 5.60. The van der Waals surface area contributed by atoms with E-state index in [-0.39, 0.29) is 24.1 Å². The summed E-state index contributed by atoms with van der Waals surface area (Å²) in [7, 11) is 0. The van der Waals surface area contributed by atoms with Crippen LogP contribution in [-0.4, -0.2) is 40.8 Å². The first kappa shape index (κ1) is 19.2. The number of H-pyrrole nitrogens is 1. The van der Waals surface area contributed by atoms with Crippen LogP contribution in [0.3, 0.4) is 0 Å². The van der Waals surface area contributed by atoms with Crippen LogP contribution in [0.2, 0.25) is 0 Å². The van der Waals surface area contributed by atoms with Crippen molar-refractivity contribution in [1.29, 1.82) is 0 Å². The summed E-state index contributed by atoms with van der Waals surface area (Å²) in [4.78, 5) is 30.8. The summed E-state index contributed by atoms with van der Waals surface area (Å²) >= 11 is 0. The lowest BCUT2D eigenvalue weighted by atomic mass is 10.0. The van der Waals surface area contributed by atoms with E-state index in [4.69, 9.17) is 0 Å². The maximum atomic E-state index is 13.1. The monoisotopic (exact) mass is 393 g/mol. The number of nitrogens with one attached hydrogen (secondary N) is 2. The largest absolute Gasteiger partial charge is 0.361 e. The molecule has 0 spiro atoms. The van der Waals surface area contributed by atoms with Crippen LogP contribution < -0.4 is 5.32 Å². The van der Waals surface area contributed by atoms with Crippen molar-refractivity contribution in [3.63, 3.8) is 0 Å². The summed E-state index contributed by atoms with van der Waals surface area (Å²) < 4.78 is 13.1. The fourth-order valence-corrected chi connectivity index (χ4v) is 3.91. The van der Waals surface area contributed by atoms with Crippen molar-refractivity contribution in [2.45, 2.75) is 31.7 Å². The van der Waals surface area contributed by atoms with Crippen molar-refractivity contribution in [3.05, 3.63) is 71.7 Å². The molecule has 2 N–H and O–H groups in total. The number of benzene rings is 2. The SMILES string of the molecule is O=C(Cc1ccc(F)cc1)N[C@@H](Cc1c[nH]c2ccccc12)C(=O)N1CCCC1. The molecule has 2 amide bonds. The van der Waals surface area contributed by atoms with Gasteiger partial charge in [0, 0.05) is 36.6 Å². The van der Waals surface area contributed by atoms with Gasteiger partial charge >= 0.3 is 0 Å². The third kappa shape index (κ3) is 4.47. The van der Waals surface area contributed by atoms with Crippen molar-refractivity contribution in [2.75, 3.05) is 13.1 Å². The number of hydrogen-bond acceptors (Lipinski definition) is 2. The molecule has 0 saturated carbocycles.